The van der Waals surface area contributed by atoms with Crippen molar-refractivity contribution in [2.45, 2.75) is 13.8 Å². The monoisotopic (exact) mass is 359 g/mol. The van der Waals surface area contributed by atoms with Crippen LogP contribution in [0.4, 0.5) is 11.4 Å². The molecule has 1 aromatic heterocycles. The van der Waals surface area contributed by atoms with Crippen LogP contribution in [0, 0.1) is 13.8 Å². The number of carbonyl (C=O) groups is 2. The lowest BCUT2D eigenvalue weighted by Crippen LogP contribution is -2.27. The van der Waals surface area contributed by atoms with Crippen molar-refractivity contribution in [2.24, 2.45) is 0 Å². The summed E-state index contributed by atoms with van der Waals surface area (Å²) in [5.74, 6) is -0.556. The number of pyridine rings is 1. The standard InChI is InChI=1S/C22H21N3O2/c1-15-9-10-18(13-16(15)2)24-21(26)17-11-12-23-20(14-17)22(27)25(3)19-7-5-4-6-8-19/h4-14H,1-3H3,(H,24,26). The highest BCUT2D eigenvalue weighted by molar-refractivity contribution is 6.08. The summed E-state index contributed by atoms with van der Waals surface area (Å²) in [7, 11) is 1.68. The van der Waals surface area contributed by atoms with Gasteiger partial charge in [-0.1, -0.05) is 24.3 Å². The predicted molar refractivity (Wildman–Crippen MR) is 107 cm³/mol. The van der Waals surface area contributed by atoms with Crippen molar-refractivity contribution < 1.29 is 9.59 Å². The van der Waals surface area contributed by atoms with E-state index >= 15 is 0 Å². The van der Waals surface area contributed by atoms with Crippen molar-refractivity contribution in [3.63, 3.8) is 0 Å². The van der Waals surface area contributed by atoms with Gasteiger partial charge in [-0.2, -0.15) is 0 Å². The molecule has 0 fully saturated rings. The average Bonchev–Trinajstić information content (AvgIpc) is 2.70. The molecular formula is C22H21N3O2. The summed E-state index contributed by atoms with van der Waals surface area (Å²) < 4.78 is 0. The molecule has 0 spiro atoms. The van der Waals surface area contributed by atoms with Crippen molar-refractivity contribution in [2.75, 3.05) is 17.3 Å². The third-order valence-electron chi connectivity index (χ3n) is 4.45. The predicted octanol–water partition coefficient (Wildman–Crippen LogP) is 4.23. The molecule has 1 heterocycles. The van der Waals surface area contributed by atoms with Gasteiger partial charge in [0.15, 0.2) is 0 Å². The fraction of sp³-hybridized carbons (Fsp3) is 0.136. The maximum absolute atomic E-state index is 12.7. The fourth-order valence-electron chi connectivity index (χ4n) is 2.65. The van der Waals surface area contributed by atoms with Crippen LogP contribution in [0.3, 0.4) is 0 Å². The van der Waals surface area contributed by atoms with Crippen LogP contribution in [-0.4, -0.2) is 23.8 Å². The number of nitrogens with one attached hydrogen (secondary N) is 1. The summed E-state index contributed by atoms with van der Waals surface area (Å²) in [6.07, 6.45) is 1.47. The Morgan fingerprint density at radius 1 is 0.926 bits per heavy atom. The van der Waals surface area contributed by atoms with E-state index in [0.717, 1.165) is 16.8 Å². The van der Waals surface area contributed by atoms with Gasteiger partial charge in [-0.05, 0) is 61.4 Å². The minimum absolute atomic E-state index is 0.217. The molecule has 0 saturated carbocycles. The minimum atomic E-state index is -0.280. The van der Waals surface area contributed by atoms with Crippen LogP contribution in [0.15, 0.2) is 66.9 Å². The fourth-order valence-corrected chi connectivity index (χ4v) is 2.65. The molecule has 0 aliphatic heterocycles. The van der Waals surface area contributed by atoms with Crippen molar-refractivity contribution in [3.05, 3.63) is 89.2 Å². The highest BCUT2D eigenvalue weighted by Crippen LogP contribution is 2.17. The molecule has 0 radical (unpaired) electrons. The van der Waals surface area contributed by atoms with E-state index in [0.29, 0.717) is 11.3 Å². The first kappa shape index (κ1) is 18.3. The van der Waals surface area contributed by atoms with Crippen LogP contribution < -0.4 is 10.2 Å². The number of hydrogen-bond donors (Lipinski definition) is 1. The normalized spacial score (nSPS) is 10.3. The zero-order valence-corrected chi connectivity index (χ0v) is 15.6. The van der Waals surface area contributed by atoms with Crippen LogP contribution in [0.2, 0.25) is 0 Å². The second kappa shape index (κ2) is 7.83. The Morgan fingerprint density at radius 2 is 1.67 bits per heavy atom. The van der Waals surface area contributed by atoms with E-state index in [4.69, 9.17) is 0 Å². The Labute approximate surface area is 158 Å². The van der Waals surface area contributed by atoms with Crippen LogP contribution in [-0.2, 0) is 0 Å². The number of aryl methyl sites for hydroxylation is 2. The van der Waals surface area contributed by atoms with E-state index in [1.54, 1.807) is 13.1 Å². The summed E-state index contributed by atoms with van der Waals surface area (Å²) in [5.41, 5.74) is 4.34. The maximum atomic E-state index is 12.7. The largest absolute Gasteiger partial charge is 0.322 e. The summed E-state index contributed by atoms with van der Waals surface area (Å²) in [5, 5.41) is 2.86. The molecule has 1 N–H and O–H groups in total. The van der Waals surface area contributed by atoms with Gasteiger partial charge in [0.2, 0.25) is 0 Å². The zero-order valence-electron chi connectivity index (χ0n) is 15.6. The van der Waals surface area contributed by atoms with Crippen LogP contribution in [0.25, 0.3) is 0 Å². The Hall–Kier alpha value is -3.47. The summed E-state index contributed by atoms with van der Waals surface area (Å²) in [6, 6.07) is 18.1. The number of amides is 2. The SMILES string of the molecule is Cc1ccc(NC(=O)c2ccnc(C(=O)N(C)c3ccccc3)c2)cc1C. The number of aromatic nitrogens is 1. The first-order valence-electron chi connectivity index (χ1n) is 8.63. The van der Waals surface area contributed by atoms with Crippen LogP contribution in [0.1, 0.15) is 32.0 Å². The van der Waals surface area contributed by atoms with Crippen LogP contribution >= 0.6 is 0 Å². The molecule has 5 nitrogen and oxygen atoms in total. The van der Waals surface area contributed by atoms with E-state index in [1.165, 1.54) is 17.2 Å². The maximum Gasteiger partial charge on any atom is 0.276 e. The molecule has 3 aromatic rings. The molecule has 0 aliphatic carbocycles. The number of anilines is 2. The van der Waals surface area contributed by atoms with Crippen molar-refractivity contribution in [3.8, 4) is 0 Å². The molecule has 136 valence electrons. The third kappa shape index (κ3) is 4.20. The Bertz CT molecular complexity index is 984. The summed E-state index contributed by atoms with van der Waals surface area (Å²) in [6.45, 7) is 4.01. The molecule has 0 bridgehead atoms. The van der Waals surface area contributed by atoms with Gasteiger partial charge in [-0.3, -0.25) is 14.6 Å². The molecule has 0 aliphatic rings. The number of rotatable bonds is 4. The molecule has 0 saturated heterocycles. The lowest BCUT2D eigenvalue weighted by molar-refractivity contribution is 0.0988. The first-order valence-corrected chi connectivity index (χ1v) is 8.63. The smallest absolute Gasteiger partial charge is 0.276 e. The van der Waals surface area contributed by atoms with Gasteiger partial charge in [0.25, 0.3) is 11.8 Å². The zero-order chi connectivity index (χ0) is 19.4. The Morgan fingerprint density at radius 3 is 2.37 bits per heavy atom. The Balaban J connectivity index is 1.79. The highest BCUT2D eigenvalue weighted by Gasteiger charge is 2.17. The van der Waals surface area contributed by atoms with E-state index < -0.39 is 0 Å². The van der Waals surface area contributed by atoms with E-state index in [9.17, 15) is 9.59 Å². The van der Waals surface area contributed by atoms with E-state index in [-0.39, 0.29) is 17.5 Å². The van der Waals surface area contributed by atoms with Gasteiger partial charge in [0.05, 0.1) is 0 Å². The number of para-hydroxylation sites is 1. The van der Waals surface area contributed by atoms with E-state index in [1.807, 2.05) is 62.4 Å². The molecule has 3 rings (SSSR count). The lowest BCUT2D eigenvalue weighted by Gasteiger charge is -2.17. The number of benzene rings is 2. The van der Waals surface area contributed by atoms with Crippen molar-refractivity contribution >= 4 is 23.2 Å². The molecule has 5 heteroatoms. The second-order valence-corrected chi connectivity index (χ2v) is 6.38. The number of hydrogen-bond acceptors (Lipinski definition) is 3. The third-order valence-corrected chi connectivity index (χ3v) is 4.45. The molecule has 27 heavy (non-hydrogen) atoms. The topological polar surface area (TPSA) is 62.3 Å². The summed E-state index contributed by atoms with van der Waals surface area (Å²) >= 11 is 0. The minimum Gasteiger partial charge on any atom is -0.322 e. The highest BCUT2D eigenvalue weighted by atomic mass is 16.2. The quantitative estimate of drug-likeness (QED) is 0.758. The molecule has 2 aromatic carbocycles. The van der Waals surface area contributed by atoms with E-state index in [2.05, 4.69) is 10.3 Å². The van der Waals surface area contributed by atoms with Crippen LogP contribution in [0.5, 0.6) is 0 Å². The second-order valence-electron chi connectivity index (χ2n) is 6.38. The van der Waals surface area contributed by atoms with Gasteiger partial charge in [-0.25, -0.2) is 0 Å². The molecule has 0 atom stereocenters. The summed E-state index contributed by atoms with van der Waals surface area (Å²) in [4.78, 5) is 30.9. The van der Waals surface area contributed by atoms with Crippen molar-refractivity contribution in [1.82, 2.24) is 4.98 Å². The molecular weight excluding hydrogens is 338 g/mol. The van der Waals surface area contributed by atoms with Gasteiger partial charge in [0.1, 0.15) is 5.69 Å². The number of nitrogens with zero attached hydrogens (tertiary/aromatic N) is 2. The average molecular weight is 359 g/mol. The van der Waals surface area contributed by atoms with Crippen molar-refractivity contribution in [1.29, 1.82) is 0 Å². The Kier molecular flexibility index (Phi) is 5.31. The lowest BCUT2D eigenvalue weighted by atomic mass is 10.1. The van der Waals surface area contributed by atoms with Gasteiger partial charge >= 0.3 is 0 Å². The molecule has 2 amide bonds. The van der Waals surface area contributed by atoms with Gasteiger partial charge in [0, 0.05) is 30.2 Å². The van der Waals surface area contributed by atoms with Gasteiger partial charge < -0.3 is 10.2 Å². The number of carbonyl (C=O) groups excluding carboxylic acids is 2. The molecule has 0 unspecified atom stereocenters. The first-order chi connectivity index (χ1) is 13.0. The van der Waals surface area contributed by atoms with Gasteiger partial charge in [-0.15, -0.1) is 0 Å².